The van der Waals surface area contributed by atoms with E-state index in [0.717, 1.165) is 12.1 Å². The van der Waals surface area contributed by atoms with Gasteiger partial charge in [0.05, 0.1) is 17.8 Å². The molecule has 1 amide bonds. The van der Waals surface area contributed by atoms with Crippen molar-refractivity contribution in [3.8, 4) is 5.75 Å². The molecule has 0 spiro atoms. The lowest BCUT2D eigenvalue weighted by Crippen LogP contribution is -2.36. The lowest BCUT2D eigenvalue weighted by Gasteiger charge is -2.20. The number of nitrogens with one attached hydrogen (secondary N) is 1. The van der Waals surface area contributed by atoms with Crippen LogP contribution in [-0.4, -0.2) is 28.6 Å². The van der Waals surface area contributed by atoms with Crippen LogP contribution in [0.4, 0.5) is 8.78 Å². The number of nitrogens with zero attached hydrogens (tertiary/aromatic N) is 1. The smallest absolute Gasteiger partial charge is 0.253 e. The molecule has 0 radical (unpaired) electrons. The van der Waals surface area contributed by atoms with Gasteiger partial charge >= 0.3 is 0 Å². The zero-order valence-electron chi connectivity index (χ0n) is 12.0. The Morgan fingerprint density at radius 1 is 1.26 bits per heavy atom. The molecular weight excluding hydrogens is 306 g/mol. The Bertz CT molecular complexity index is 739. The van der Waals surface area contributed by atoms with E-state index in [-0.39, 0.29) is 17.4 Å². The number of rotatable bonds is 3. The minimum atomic E-state index is -0.958. The molecule has 2 heterocycles. The summed E-state index contributed by atoms with van der Waals surface area (Å²) in [6.07, 6.45) is 2.54. The standard InChI is InChI=1S/C16H14F2N2O3/c17-12-2-1-9(6-13(12)18)15-14(3-4-23-15)20-16(22)10-5-11(21)8-19-7-10/h1-2,5-8,14-15,21H,3-4H2,(H,20,22)/t14-,15-/m0/s1. The van der Waals surface area contributed by atoms with Crippen LogP contribution < -0.4 is 5.32 Å². The summed E-state index contributed by atoms with van der Waals surface area (Å²) in [5, 5.41) is 12.1. The van der Waals surface area contributed by atoms with Crippen molar-refractivity contribution in [2.75, 3.05) is 6.61 Å². The molecule has 1 aromatic carbocycles. The zero-order valence-corrected chi connectivity index (χ0v) is 12.0. The molecule has 1 aromatic heterocycles. The average molecular weight is 320 g/mol. The Morgan fingerprint density at radius 2 is 2.09 bits per heavy atom. The molecule has 5 nitrogen and oxygen atoms in total. The maximum Gasteiger partial charge on any atom is 0.253 e. The molecule has 1 fully saturated rings. The van der Waals surface area contributed by atoms with Gasteiger partial charge in [-0.05, 0) is 30.2 Å². The molecule has 1 aliphatic heterocycles. The predicted molar refractivity (Wildman–Crippen MR) is 76.8 cm³/mol. The first-order valence-electron chi connectivity index (χ1n) is 7.06. The molecule has 0 aliphatic carbocycles. The molecule has 120 valence electrons. The fraction of sp³-hybridized carbons (Fsp3) is 0.250. The van der Waals surface area contributed by atoms with Crippen LogP contribution in [0, 0.1) is 11.6 Å². The van der Waals surface area contributed by atoms with Gasteiger partial charge in [-0.3, -0.25) is 9.78 Å². The van der Waals surface area contributed by atoms with Gasteiger partial charge in [-0.2, -0.15) is 0 Å². The maximum absolute atomic E-state index is 13.4. The number of carbonyl (C=O) groups excluding carboxylic acids is 1. The number of pyridine rings is 1. The quantitative estimate of drug-likeness (QED) is 0.910. The van der Waals surface area contributed by atoms with Gasteiger partial charge in [-0.25, -0.2) is 8.78 Å². The minimum absolute atomic E-state index is 0.113. The lowest BCUT2D eigenvalue weighted by molar-refractivity contribution is 0.0820. The van der Waals surface area contributed by atoms with Crippen molar-refractivity contribution >= 4 is 5.91 Å². The van der Waals surface area contributed by atoms with Gasteiger partial charge in [-0.1, -0.05) is 6.07 Å². The van der Waals surface area contributed by atoms with E-state index in [1.165, 1.54) is 24.5 Å². The molecule has 7 heteroatoms. The number of aromatic nitrogens is 1. The van der Waals surface area contributed by atoms with E-state index in [9.17, 15) is 18.7 Å². The first-order chi connectivity index (χ1) is 11.0. The van der Waals surface area contributed by atoms with Gasteiger partial charge in [0.15, 0.2) is 11.6 Å². The van der Waals surface area contributed by atoms with Crippen molar-refractivity contribution in [3.05, 3.63) is 59.4 Å². The minimum Gasteiger partial charge on any atom is -0.506 e. The zero-order chi connectivity index (χ0) is 16.4. The molecule has 3 rings (SSSR count). The second-order valence-corrected chi connectivity index (χ2v) is 5.27. The number of aromatic hydroxyl groups is 1. The monoisotopic (exact) mass is 320 g/mol. The Balaban J connectivity index is 1.76. The molecule has 0 saturated carbocycles. The Labute approximate surface area is 130 Å². The fourth-order valence-electron chi connectivity index (χ4n) is 2.56. The maximum atomic E-state index is 13.4. The number of amides is 1. The fourth-order valence-corrected chi connectivity index (χ4v) is 2.56. The van der Waals surface area contributed by atoms with Crippen molar-refractivity contribution in [1.29, 1.82) is 0 Å². The first kappa shape index (κ1) is 15.4. The number of carbonyl (C=O) groups is 1. The van der Waals surface area contributed by atoms with Crippen LogP contribution in [0.5, 0.6) is 5.75 Å². The van der Waals surface area contributed by atoms with Gasteiger partial charge in [0, 0.05) is 12.8 Å². The van der Waals surface area contributed by atoms with E-state index in [0.29, 0.717) is 18.6 Å². The normalized spacial score (nSPS) is 20.4. The molecule has 1 saturated heterocycles. The molecule has 2 aromatic rings. The van der Waals surface area contributed by atoms with Crippen molar-refractivity contribution < 1.29 is 23.4 Å². The Morgan fingerprint density at radius 3 is 2.83 bits per heavy atom. The number of benzene rings is 1. The van der Waals surface area contributed by atoms with Gasteiger partial charge in [0.2, 0.25) is 0 Å². The van der Waals surface area contributed by atoms with E-state index in [1.807, 2.05) is 0 Å². The molecule has 0 unspecified atom stereocenters. The summed E-state index contributed by atoms with van der Waals surface area (Å²) in [7, 11) is 0. The summed E-state index contributed by atoms with van der Waals surface area (Å²) in [5.41, 5.74) is 0.668. The Kier molecular flexibility index (Phi) is 4.20. The van der Waals surface area contributed by atoms with Crippen molar-refractivity contribution in [2.24, 2.45) is 0 Å². The number of hydrogen-bond acceptors (Lipinski definition) is 4. The second kappa shape index (κ2) is 6.29. The van der Waals surface area contributed by atoms with Gasteiger partial charge in [0.25, 0.3) is 5.91 Å². The van der Waals surface area contributed by atoms with E-state index < -0.39 is 23.6 Å². The average Bonchev–Trinajstić information content (AvgIpc) is 2.98. The van der Waals surface area contributed by atoms with Gasteiger partial charge in [0.1, 0.15) is 11.9 Å². The number of halogens is 2. The predicted octanol–water partition coefficient (Wildman–Crippen LogP) is 2.33. The number of hydrogen-bond donors (Lipinski definition) is 2. The summed E-state index contributed by atoms with van der Waals surface area (Å²) >= 11 is 0. The SMILES string of the molecule is O=C(N[C@H]1CCO[C@H]1c1ccc(F)c(F)c1)c1cncc(O)c1. The molecule has 23 heavy (non-hydrogen) atoms. The van der Waals surface area contributed by atoms with Crippen molar-refractivity contribution in [2.45, 2.75) is 18.6 Å². The van der Waals surface area contributed by atoms with Crippen LogP contribution in [-0.2, 0) is 4.74 Å². The van der Waals surface area contributed by atoms with E-state index >= 15 is 0 Å². The highest BCUT2D eigenvalue weighted by Gasteiger charge is 2.31. The third-order valence-corrected chi connectivity index (χ3v) is 3.67. The molecule has 2 N–H and O–H groups in total. The molecular formula is C16H14F2N2O3. The summed E-state index contributed by atoms with van der Waals surface area (Å²) < 4.78 is 32.0. The largest absolute Gasteiger partial charge is 0.506 e. The summed E-state index contributed by atoms with van der Waals surface area (Å²) in [6.45, 7) is 0.396. The van der Waals surface area contributed by atoms with Crippen molar-refractivity contribution in [3.63, 3.8) is 0 Å². The van der Waals surface area contributed by atoms with E-state index in [2.05, 4.69) is 10.3 Å². The molecule has 1 aliphatic rings. The lowest BCUT2D eigenvalue weighted by atomic mass is 10.0. The van der Waals surface area contributed by atoms with E-state index in [4.69, 9.17) is 4.74 Å². The van der Waals surface area contributed by atoms with Gasteiger partial charge in [-0.15, -0.1) is 0 Å². The van der Waals surface area contributed by atoms with Crippen LogP contribution in [0.15, 0.2) is 36.7 Å². The highest BCUT2D eigenvalue weighted by Crippen LogP contribution is 2.30. The summed E-state index contributed by atoms with van der Waals surface area (Å²) in [4.78, 5) is 15.9. The molecule has 0 bridgehead atoms. The van der Waals surface area contributed by atoms with Gasteiger partial charge < -0.3 is 15.2 Å². The molecule has 2 atom stereocenters. The van der Waals surface area contributed by atoms with E-state index in [1.54, 1.807) is 0 Å². The van der Waals surface area contributed by atoms with Crippen LogP contribution in [0.25, 0.3) is 0 Å². The van der Waals surface area contributed by atoms with Crippen LogP contribution in [0.1, 0.15) is 28.4 Å². The highest BCUT2D eigenvalue weighted by atomic mass is 19.2. The number of ether oxygens (including phenoxy) is 1. The van der Waals surface area contributed by atoms with Crippen molar-refractivity contribution in [1.82, 2.24) is 10.3 Å². The van der Waals surface area contributed by atoms with Crippen LogP contribution >= 0.6 is 0 Å². The third kappa shape index (κ3) is 3.29. The third-order valence-electron chi connectivity index (χ3n) is 3.67. The Hall–Kier alpha value is -2.54. The topological polar surface area (TPSA) is 71.5 Å². The summed E-state index contributed by atoms with van der Waals surface area (Å²) in [6, 6.07) is 4.45. The van der Waals surface area contributed by atoms with Crippen LogP contribution in [0.2, 0.25) is 0 Å². The summed E-state index contributed by atoms with van der Waals surface area (Å²) in [5.74, 6) is -2.42. The van der Waals surface area contributed by atoms with Crippen LogP contribution in [0.3, 0.4) is 0 Å². The second-order valence-electron chi connectivity index (χ2n) is 5.27. The first-order valence-corrected chi connectivity index (χ1v) is 7.06. The highest BCUT2D eigenvalue weighted by molar-refractivity contribution is 5.94.